The van der Waals surface area contributed by atoms with Gasteiger partial charge in [0.05, 0.1) is 12.1 Å². The fourth-order valence-corrected chi connectivity index (χ4v) is 1.97. The van der Waals surface area contributed by atoms with Gasteiger partial charge in [0.15, 0.2) is 5.56 Å². The van der Waals surface area contributed by atoms with E-state index < -0.39 is 11.1 Å². The second-order valence-electron chi connectivity index (χ2n) is 4.45. The third-order valence-corrected chi connectivity index (χ3v) is 2.99. The standard InChI is InChI=1S/C8H8N2O2.C7H5ClN2O/c1-5-3-7(12-2)6(4-9)8(11)10-5;1-4-2-6(8)5(3-9)7(11)10-4/h3H,1-2H3,(H,10,11);2H,1H3,(H,10,11). The predicted octanol–water partition coefficient (Wildman–Crippen LogP) is 1.77. The van der Waals surface area contributed by atoms with Gasteiger partial charge in [-0.05, 0) is 19.9 Å². The Labute approximate surface area is 136 Å². The number of rotatable bonds is 1. The molecule has 0 aromatic carbocycles. The van der Waals surface area contributed by atoms with Gasteiger partial charge in [0, 0.05) is 17.5 Å². The van der Waals surface area contributed by atoms with E-state index in [4.69, 9.17) is 26.9 Å². The van der Waals surface area contributed by atoms with Crippen LogP contribution >= 0.6 is 11.6 Å². The quantitative estimate of drug-likeness (QED) is 0.823. The first-order valence-corrected chi connectivity index (χ1v) is 6.69. The summed E-state index contributed by atoms with van der Waals surface area (Å²) in [5, 5.41) is 17.2. The van der Waals surface area contributed by atoms with E-state index in [1.165, 1.54) is 7.11 Å². The Hall–Kier alpha value is -3.03. The monoisotopic (exact) mass is 332 g/mol. The van der Waals surface area contributed by atoms with E-state index in [0.717, 1.165) is 0 Å². The maximum absolute atomic E-state index is 11.1. The van der Waals surface area contributed by atoms with Gasteiger partial charge >= 0.3 is 0 Å². The Morgan fingerprint density at radius 3 is 1.91 bits per heavy atom. The Kier molecular flexibility index (Phi) is 6.13. The highest BCUT2D eigenvalue weighted by Crippen LogP contribution is 2.12. The molecule has 0 radical (unpaired) electrons. The molecule has 0 saturated carbocycles. The highest BCUT2D eigenvalue weighted by Gasteiger charge is 2.07. The van der Waals surface area contributed by atoms with Crippen molar-refractivity contribution in [2.45, 2.75) is 13.8 Å². The minimum absolute atomic E-state index is 0.0168. The van der Waals surface area contributed by atoms with Crippen LogP contribution in [0.15, 0.2) is 21.7 Å². The molecule has 2 heterocycles. The summed E-state index contributed by atoms with van der Waals surface area (Å²) in [5.41, 5.74) is 0.474. The number of halogens is 1. The first kappa shape index (κ1) is 18.0. The molecule has 2 aromatic rings. The number of nitrogens with one attached hydrogen (secondary N) is 2. The molecule has 23 heavy (non-hydrogen) atoms. The minimum Gasteiger partial charge on any atom is -0.495 e. The van der Waals surface area contributed by atoms with Crippen molar-refractivity contribution in [3.8, 4) is 17.9 Å². The molecule has 0 spiro atoms. The zero-order valence-corrected chi connectivity index (χ0v) is 13.4. The Bertz CT molecular complexity index is 916. The lowest BCUT2D eigenvalue weighted by molar-refractivity contribution is 0.412. The molecule has 0 aliphatic carbocycles. The number of nitriles is 2. The molecule has 2 N–H and O–H groups in total. The van der Waals surface area contributed by atoms with Crippen molar-refractivity contribution in [3.63, 3.8) is 0 Å². The molecule has 0 fully saturated rings. The van der Waals surface area contributed by atoms with Gasteiger partial charge in [-0.15, -0.1) is 0 Å². The number of hydrogen-bond donors (Lipinski definition) is 2. The van der Waals surface area contributed by atoms with Crippen molar-refractivity contribution in [2.24, 2.45) is 0 Å². The average molecular weight is 333 g/mol. The molecule has 0 aliphatic rings. The van der Waals surface area contributed by atoms with Crippen LogP contribution in [-0.2, 0) is 0 Å². The van der Waals surface area contributed by atoms with Gasteiger partial charge in [0.2, 0.25) is 0 Å². The van der Waals surface area contributed by atoms with Crippen molar-refractivity contribution in [1.82, 2.24) is 9.97 Å². The van der Waals surface area contributed by atoms with Crippen molar-refractivity contribution >= 4 is 11.6 Å². The summed E-state index contributed by atoms with van der Waals surface area (Å²) < 4.78 is 4.86. The zero-order chi connectivity index (χ0) is 17.6. The van der Waals surface area contributed by atoms with E-state index in [-0.39, 0.29) is 16.1 Å². The molecule has 7 nitrogen and oxygen atoms in total. The summed E-state index contributed by atoms with van der Waals surface area (Å²) in [6.45, 7) is 3.43. The van der Waals surface area contributed by atoms with Crippen LogP contribution in [0.1, 0.15) is 22.5 Å². The highest BCUT2D eigenvalue weighted by atomic mass is 35.5. The maximum Gasteiger partial charge on any atom is 0.269 e. The molecule has 0 unspecified atom stereocenters. The summed E-state index contributed by atoms with van der Waals surface area (Å²) in [5.74, 6) is 0.318. The first-order chi connectivity index (χ1) is 10.8. The second-order valence-corrected chi connectivity index (χ2v) is 4.86. The van der Waals surface area contributed by atoms with E-state index in [9.17, 15) is 9.59 Å². The van der Waals surface area contributed by atoms with E-state index in [2.05, 4.69) is 9.97 Å². The van der Waals surface area contributed by atoms with E-state index >= 15 is 0 Å². The highest BCUT2D eigenvalue weighted by molar-refractivity contribution is 6.31. The smallest absolute Gasteiger partial charge is 0.269 e. The summed E-state index contributed by atoms with van der Waals surface area (Å²) in [4.78, 5) is 27.0. The van der Waals surface area contributed by atoms with Crippen molar-refractivity contribution < 1.29 is 4.74 Å². The Morgan fingerprint density at radius 2 is 1.48 bits per heavy atom. The Balaban J connectivity index is 0.000000231. The minimum atomic E-state index is -0.433. The van der Waals surface area contributed by atoms with Gasteiger partial charge < -0.3 is 14.7 Å². The number of nitrogens with zero attached hydrogens (tertiary/aromatic N) is 2. The topological polar surface area (TPSA) is 123 Å². The van der Waals surface area contributed by atoms with Crippen molar-refractivity contribution in [2.75, 3.05) is 7.11 Å². The molecule has 2 rings (SSSR count). The van der Waals surface area contributed by atoms with Crippen LogP contribution in [0, 0.1) is 36.5 Å². The lowest BCUT2D eigenvalue weighted by Gasteiger charge is -2.01. The summed E-state index contributed by atoms with van der Waals surface area (Å²) in [6, 6.07) is 6.64. The van der Waals surface area contributed by atoms with Gasteiger partial charge in [-0.3, -0.25) is 9.59 Å². The molecule has 0 atom stereocenters. The predicted molar refractivity (Wildman–Crippen MR) is 84.6 cm³/mol. The van der Waals surface area contributed by atoms with Gasteiger partial charge in [0.25, 0.3) is 11.1 Å². The third kappa shape index (κ3) is 4.47. The molecule has 0 saturated heterocycles. The summed E-state index contributed by atoms with van der Waals surface area (Å²) in [7, 11) is 1.43. The molecule has 0 amide bonds. The summed E-state index contributed by atoms with van der Waals surface area (Å²) >= 11 is 5.59. The number of ether oxygens (including phenoxy) is 1. The van der Waals surface area contributed by atoms with Gasteiger partial charge in [-0.1, -0.05) is 11.6 Å². The normalized spacial score (nSPS) is 9.13. The van der Waals surface area contributed by atoms with Crippen LogP contribution in [0.4, 0.5) is 0 Å². The van der Waals surface area contributed by atoms with Crippen LogP contribution < -0.4 is 15.9 Å². The molecule has 2 aromatic heterocycles. The molecular formula is C15H13ClN4O3. The van der Waals surface area contributed by atoms with E-state index in [0.29, 0.717) is 17.1 Å². The fourth-order valence-electron chi connectivity index (χ4n) is 1.68. The third-order valence-electron chi connectivity index (χ3n) is 2.70. The van der Waals surface area contributed by atoms with Crippen molar-refractivity contribution in [3.05, 3.63) is 60.4 Å². The molecule has 8 heteroatoms. The van der Waals surface area contributed by atoms with Crippen LogP contribution in [0.25, 0.3) is 0 Å². The summed E-state index contributed by atoms with van der Waals surface area (Å²) in [6.07, 6.45) is 0. The number of aromatic amines is 2. The van der Waals surface area contributed by atoms with Crippen LogP contribution in [0.2, 0.25) is 5.02 Å². The van der Waals surface area contributed by atoms with Crippen LogP contribution in [0.5, 0.6) is 5.75 Å². The number of H-pyrrole nitrogens is 2. The van der Waals surface area contributed by atoms with Crippen molar-refractivity contribution in [1.29, 1.82) is 10.5 Å². The number of aryl methyl sites for hydroxylation is 2. The largest absolute Gasteiger partial charge is 0.495 e. The molecule has 118 valence electrons. The van der Waals surface area contributed by atoms with Gasteiger partial charge in [0.1, 0.15) is 23.5 Å². The molecule has 0 bridgehead atoms. The van der Waals surface area contributed by atoms with Gasteiger partial charge in [-0.25, -0.2) is 0 Å². The number of pyridine rings is 2. The van der Waals surface area contributed by atoms with Crippen LogP contribution in [0.3, 0.4) is 0 Å². The Morgan fingerprint density at radius 1 is 1.00 bits per heavy atom. The fraction of sp³-hybridized carbons (Fsp3) is 0.200. The van der Waals surface area contributed by atoms with E-state index in [1.807, 2.05) is 0 Å². The number of methoxy groups -OCH3 is 1. The SMILES string of the molecule is COc1cc(C)[nH]c(=O)c1C#N.Cc1cc(Cl)c(C#N)c(=O)[nH]1. The lowest BCUT2D eigenvalue weighted by Crippen LogP contribution is -2.12. The second kappa shape index (κ2) is 7.83. The number of aromatic nitrogens is 2. The van der Waals surface area contributed by atoms with E-state index in [1.54, 1.807) is 38.1 Å². The average Bonchev–Trinajstić information content (AvgIpc) is 2.46. The first-order valence-electron chi connectivity index (χ1n) is 6.31. The number of hydrogen-bond acceptors (Lipinski definition) is 5. The maximum atomic E-state index is 11.1. The lowest BCUT2D eigenvalue weighted by atomic mass is 10.2. The molecular weight excluding hydrogens is 320 g/mol. The zero-order valence-electron chi connectivity index (χ0n) is 12.7. The van der Waals surface area contributed by atoms with Crippen LogP contribution in [-0.4, -0.2) is 17.1 Å². The molecule has 0 aliphatic heterocycles. The van der Waals surface area contributed by atoms with Gasteiger partial charge in [-0.2, -0.15) is 10.5 Å².